The molecule has 5 nitrogen and oxygen atoms in total. The van der Waals surface area contributed by atoms with Gasteiger partial charge in [0.25, 0.3) is 0 Å². The summed E-state index contributed by atoms with van der Waals surface area (Å²) in [6, 6.07) is 15.0. The van der Waals surface area contributed by atoms with Crippen LogP contribution < -0.4 is 4.90 Å². The molecule has 0 unspecified atom stereocenters. The summed E-state index contributed by atoms with van der Waals surface area (Å²) in [5.74, 6) is 0. The number of anilines is 1. The van der Waals surface area contributed by atoms with Gasteiger partial charge in [0.15, 0.2) is 0 Å². The number of benzene rings is 2. The van der Waals surface area contributed by atoms with Gasteiger partial charge in [0, 0.05) is 42.5 Å². The third-order valence-corrected chi connectivity index (χ3v) is 5.88. The maximum absolute atomic E-state index is 4.98. The zero-order valence-corrected chi connectivity index (χ0v) is 17.7. The fourth-order valence-electron chi connectivity index (χ4n) is 4.41. The van der Waals surface area contributed by atoms with Crippen LogP contribution in [0.5, 0.6) is 0 Å². The average molecular weight is 408 g/mol. The van der Waals surface area contributed by atoms with Crippen LogP contribution in [0.3, 0.4) is 0 Å². The zero-order valence-electron chi connectivity index (χ0n) is 17.7. The van der Waals surface area contributed by atoms with Crippen molar-refractivity contribution < 1.29 is 0 Å². The topological polar surface area (TPSA) is 46.3 Å². The first-order chi connectivity index (χ1) is 15.2. The average Bonchev–Trinajstić information content (AvgIpc) is 3.15. The summed E-state index contributed by atoms with van der Waals surface area (Å²) >= 11 is 0. The number of aromatic nitrogens is 3. The molecule has 0 N–H and O–H groups in total. The summed E-state index contributed by atoms with van der Waals surface area (Å²) in [5, 5.41) is 1.19. The van der Waals surface area contributed by atoms with Gasteiger partial charge in [-0.15, -0.1) is 0 Å². The van der Waals surface area contributed by atoms with Crippen LogP contribution in [-0.2, 0) is 13.0 Å². The first-order valence-electron chi connectivity index (χ1n) is 10.6. The largest absolute Gasteiger partial charge is 0.373 e. The Bertz CT molecular complexity index is 1270. The maximum Gasteiger partial charge on any atom is 0.115 e. The van der Waals surface area contributed by atoms with Crippen LogP contribution in [0.4, 0.5) is 11.4 Å². The molecule has 1 aliphatic heterocycles. The van der Waals surface area contributed by atoms with Gasteiger partial charge in [0.2, 0.25) is 0 Å². The van der Waals surface area contributed by atoms with Gasteiger partial charge in [-0.1, -0.05) is 30.9 Å². The van der Waals surface area contributed by atoms with Crippen molar-refractivity contribution in [1.82, 2.24) is 14.5 Å². The Kier molecular flexibility index (Phi) is 5.08. The molecule has 5 heteroatoms. The highest BCUT2D eigenvalue weighted by Crippen LogP contribution is 2.37. The van der Waals surface area contributed by atoms with Gasteiger partial charge in [0.1, 0.15) is 6.33 Å². The number of para-hydroxylation sites is 1. The Balaban J connectivity index is 1.60. The van der Waals surface area contributed by atoms with E-state index in [0.29, 0.717) is 6.54 Å². The van der Waals surface area contributed by atoms with E-state index in [0.717, 1.165) is 35.5 Å². The summed E-state index contributed by atoms with van der Waals surface area (Å²) < 4.78 is 2.27. The number of hydrogen-bond acceptors (Lipinski definition) is 4. The molecule has 0 bridgehead atoms. The molecule has 2 aromatic heterocycles. The van der Waals surface area contributed by atoms with Crippen molar-refractivity contribution >= 4 is 34.6 Å². The van der Waals surface area contributed by atoms with E-state index in [1.165, 1.54) is 28.6 Å². The van der Waals surface area contributed by atoms with E-state index in [4.69, 9.17) is 4.99 Å². The summed E-state index contributed by atoms with van der Waals surface area (Å²) in [5.41, 5.74) is 7.97. The van der Waals surface area contributed by atoms with Crippen LogP contribution in [0, 0.1) is 0 Å². The van der Waals surface area contributed by atoms with E-state index in [-0.39, 0.29) is 0 Å². The fraction of sp³-hybridized carbons (Fsp3) is 0.192. The van der Waals surface area contributed by atoms with Crippen LogP contribution in [0.25, 0.3) is 17.0 Å². The molecule has 2 aromatic carbocycles. The molecule has 3 heterocycles. The number of aliphatic imine (C=N–C) groups is 1. The molecule has 154 valence electrons. The molecular formula is C26H25N5. The van der Waals surface area contributed by atoms with Crippen molar-refractivity contribution in [2.75, 3.05) is 18.5 Å². The van der Waals surface area contributed by atoms with Gasteiger partial charge in [-0.2, -0.15) is 0 Å². The standard InChI is InChI=1S/C26H25N5/c1-3-19-11-22-8-6-10-30(2)26(22)24(12-19)29-16-23-13-21-7-4-5-9-25(21)31(23)17-20-14-27-18-28-15-20/h3-5,7,9,11-16,18H,1,6,8,10,17H2,2H3/b29-16+. The monoisotopic (exact) mass is 407 g/mol. The van der Waals surface area contributed by atoms with Crippen LogP contribution >= 0.6 is 0 Å². The summed E-state index contributed by atoms with van der Waals surface area (Å²) in [7, 11) is 2.15. The predicted octanol–water partition coefficient (Wildman–Crippen LogP) is 5.26. The first kappa shape index (κ1) is 19.2. The Hall–Kier alpha value is -3.73. The number of aryl methyl sites for hydroxylation is 1. The second-order valence-corrected chi connectivity index (χ2v) is 8.00. The predicted molar refractivity (Wildman–Crippen MR) is 128 cm³/mol. The van der Waals surface area contributed by atoms with Gasteiger partial charge in [-0.25, -0.2) is 9.97 Å². The summed E-state index contributed by atoms with van der Waals surface area (Å²) in [6.07, 6.45) is 11.4. The highest BCUT2D eigenvalue weighted by Gasteiger charge is 2.18. The van der Waals surface area contributed by atoms with Gasteiger partial charge in [-0.05, 0) is 48.2 Å². The van der Waals surface area contributed by atoms with E-state index >= 15 is 0 Å². The van der Waals surface area contributed by atoms with Crippen molar-refractivity contribution in [3.63, 3.8) is 0 Å². The van der Waals surface area contributed by atoms with Crippen molar-refractivity contribution in [3.05, 3.63) is 90.1 Å². The molecule has 0 aliphatic carbocycles. The van der Waals surface area contributed by atoms with Crippen molar-refractivity contribution in [1.29, 1.82) is 0 Å². The molecule has 4 aromatic rings. The highest BCUT2D eigenvalue weighted by molar-refractivity contribution is 5.92. The molecule has 0 spiro atoms. The summed E-state index contributed by atoms with van der Waals surface area (Å²) in [6.45, 7) is 5.71. The molecule has 0 saturated heterocycles. The molecule has 31 heavy (non-hydrogen) atoms. The quantitative estimate of drug-likeness (QED) is 0.424. The van der Waals surface area contributed by atoms with E-state index in [9.17, 15) is 0 Å². The fourth-order valence-corrected chi connectivity index (χ4v) is 4.41. The minimum Gasteiger partial charge on any atom is -0.373 e. The minimum absolute atomic E-state index is 0.695. The van der Waals surface area contributed by atoms with Gasteiger partial charge in [-0.3, -0.25) is 4.99 Å². The number of hydrogen-bond donors (Lipinski definition) is 0. The lowest BCUT2D eigenvalue weighted by molar-refractivity contribution is 0.745. The lowest BCUT2D eigenvalue weighted by Crippen LogP contribution is -2.24. The molecule has 0 amide bonds. The number of nitrogens with zero attached hydrogens (tertiary/aromatic N) is 5. The number of fused-ring (bicyclic) bond motifs is 2. The second-order valence-electron chi connectivity index (χ2n) is 8.00. The first-order valence-corrected chi connectivity index (χ1v) is 10.6. The van der Waals surface area contributed by atoms with Crippen LogP contribution in [0.15, 0.2) is 72.8 Å². The minimum atomic E-state index is 0.695. The SMILES string of the molecule is C=Cc1cc2c(c(/N=C/c3cc4ccccc4n3Cc3cncnc3)c1)N(C)CCC2. The Morgan fingerprint density at radius 3 is 2.81 bits per heavy atom. The lowest BCUT2D eigenvalue weighted by atomic mass is 9.98. The maximum atomic E-state index is 4.98. The van der Waals surface area contributed by atoms with Crippen LogP contribution in [0.1, 0.15) is 28.8 Å². The van der Waals surface area contributed by atoms with Crippen molar-refractivity contribution in [2.45, 2.75) is 19.4 Å². The third kappa shape index (κ3) is 3.75. The van der Waals surface area contributed by atoms with Crippen molar-refractivity contribution in [3.8, 4) is 0 Å². The summed E-state index contributed by atoms with van der Waals surface area (Å²) in [4.78, 5) is 15.6. The lowest BCUT2D eigenvalue weighted by Gasteiger charge is -2.29. The van der Waals surface area contributed by atoms with Crippen molar-refractivity contribution in [2.24, 2.45) is 4.99 Å². The normalized spacial score (nSPS) is 13.6. The Morgan fingerprint density at radius 2 is 1.97 bits per heavy atom. The van der Waals surface area contributed by atoms with E-state index in [1.54, 1.807) is 6.33 Å². The van der Waals surface area contributed by atoms with Gasteiger partial charge < -0.3 is 9.47 Å². The second kappa shape index (κ2) is 8.19. The highest BCUT2D eigenvalue weighted by atomic mass is 15.1. The number of rotatable bonds is 5. The molecular weight excluding hydrogens is 382 g/mol. The van der Waals surface area contributed by atoms with E-state index in [2.05, 4.69) is 75.5 Å². The Morgan fingerprint density at radius 1 is 1.13 bits per heavy atom. The van der Waals surface area contributed by atoms with Gasteiger partial charge >= 0.3 is 0 Å². The molecule has 0 atom stereocenters. The molecule has 0 saturated carbocycles. The molecule has 0 radical (unpaired) electrons. The molecule has 1 aliphatic rings. The van der Waals surface area contributed by atoms with E-state index in [1.807, 2.05) is 24.7 Å². The molecule has 0 fully saturated rings. The van der Waals surface area contributed by atoms with Gasteiger partial charge in [0.05, 0.1) is 29.8 Å². The zero-order chi connectivity index (χ0) is 21.2. The van der Waals surface area contributed by atoms with E-state index < -0.39 is 0 Å². The third-order valence-electron chi connectivity index (χ3n) is 5.88. The smallest absolute Gasteiger partial charge is 0.115 e. The van der Waals surface area contributed by atoms with Crippen LogP contribution in [-0.4, -0.2) is 34.3 Å². The van der Waals surface area contributed by atoms with Crippen LogP contribution in [0.2, 0.25) is 0 Å². The Labute approximate surface area is 182 Å². The molecule has 5 rings (SSSR count).